The summed E-state index contributed by atoms with van der Waals surface area (Å²) in [6, 6.07) is 8.66. The average molecular weight is 480 g/mol. The summed E-state index contributed by atoms with van der Waals surface area (Å²) < 4.78 is 11.5. The van der Waals surface area contributed by atoms with Crippen LogP contribution in [0, 0.1) is 0 Å². The van der Waals surface area contributed by atoms with Gasteiger partial charge in [-0.1, -0.05) is 12.1 Å². The van der Waals surface area contributed by atoms with Crippen LogP contribution in [0.2, 0.25) is 0 Å². The fourth-order valence-electron chi connectivity index (χ4n) is 5.15. The van der Waals surface area contributed by atoms with E-state index in [1.165, 1.54) is 16.8 Å². The largest absolute Gasteiger partial charge is 0.472 e. The Bertz CT molecular complexity index is 1060. The zero-order valence-corrected chi connectivity index (χ0v) is 22.3. The van der Waals surface area contributed by atoms with Crippen molar-refractivity contribution in [2.24, 2.45) is 0 Å². The molecule has 0 saturated carbocycles. The van der Waals surface area contributed by atoms with E-state index in [0.29, 0.717) is 6.61 Å². The lowest BCUT2D eigenvalue weighted by atomic mass is 9.98. The SMILES string of the molecule is CN(CCC(C)(C)N1Cc2ccc(OC3CCOC3)nc2C1)c1ccc2c(n1)CN(C(C)(C)C)C2. The Labute approximate surface area is 210 Å². The Hall–Kier alpha value is -2.22. The third kappa shape index (κ3) is 5.32. The van der Waals surface area contributed by atoms with E-state index in [4.69, 9.17) is 19.4 Å². The number of aromatic nitrogens is 2. The molecule has 2 aromatic rings. The lowest BCUT2D eigenvalue weighted by molar-refractivity contribution is 0.110. The number of hydrogen-bond donors (Lipinski definition) is 0. The Morgan fingerprint density at radius 1 is 0.943 bits per heavy atom. The van der Waals surface area contributed by atoms with Gasteiger partial charge in [-0.3, -0.25) is 9.80 Å². The molecule has 5 rings (SSSR count). The van der Waals surface area contributed by atoms with Gasteiger partial charge in [-0.2, -0.15) is 0 Å². The first-order chi connectivity index (χ1) is 16.6. The zero-order chi connectivity index (χ0) is 24.8. The molecule has 190 valence electrons. The molecule has 7 heteroatoms. The van der Waals surface area contributed by atoms with Crippen LogP contribution in [0.1, 0.15) is 70.0 Å². The molecule has 1 unspecified atom stereocenters. The third-order valence-electron chi connectivity index (χ3n) is 7.93. The third-order valence-corrected chi connectivity index (χ3v) is 7.93. The maximum Gasteiger partial charge on any atom is 0.213 e. The van der Waals surface area contributed by atoms with Gasteiger partial charge < -0.3 is 14.4 Å². The molecule has 3 aliphatic rings. The molecule has 0 bridgehead atoms. The van der Waals surface area contributed by atoms with Crippen LogP contribution in [-0.2, 0) is 30.9 Å². The molecule has 0 spiro atoms. The van der Waals surface area contributed by atoms with E-state index < -0.39 is 0 Å². The predicted octanol–water partition coefficient (Wildman–Crippen LogP) is 4.38. The van der Waals surface area contributed by atoms with Gasteiger partial charge in [0.2, 0.25) is 5.88 Å². The number of rotatable bonds is 7. The van der Waals surface area contributed by atoms with E-state index in [1.807, 2.05) is 6.07 Å². The van der Waals surface area contributed by atoms with E-state index in [0.717, 1.165) is 69.6 Å². The van der Waals surface area contributed by atoms with Crippen molar-refractivity contribution in [2.45, 2.75) is 90.8 Å². The van der Waals surface area contributed by atoms with Gasteiger partial charge in [0.1, 0.15) is 11.9 Å². The number of ether oxygens (including phenoxy) is 2. The molecule has 7 nitrogen and oxygen atoms in total. The van der Waals surface area contributed by atoms with Crippen molar-refractivity contribution in [2.75, 3.05) is 31.7 Å². The lowest BCUT2D eigenvalue weighted by Gasteiger charge is -2.36. The van der Waals surface area contributed by atoms with Crippen LogP contribution in [0.25, 0.3) is 0 Å². The van der Waals surface area contributed by atoms with Gasteiger partial charge in [0, 0.05) is 63.3 Å². The van der Waals surface area contributed by atoms with Crippen LogP contribution in [0.3, 0.4) is 0 Å². The van der Waals surface area contributed by atoms with E-state index >= 15 is 0 Å². The number of fused-ring (bicyclic) bond motifs is 2. The van der Waals surface area contributed by atoms with Crippen LogP contribution in [0.4, 0.5) is 5.82 Å². The number of pyridine rings is 2. The van der Waals surface area contributed by atoms with E-state index in [1.54, 1.807) is 0 Å². The molecule has 0 N–H and O–H groups in total. The molecule has 0 aromatic carbocycles. The summed E-state index contributed by atoms with van der Waals surface area (Å²) in [6.45, 7) is 17.7. The first-order valence-corrected chi connectivity index (χ1v) is 13.0. The lowest BCUT2D eigenvalue weighted by Crippen LogP contribution is -2.42. The van der Waals surface area contributed by atoms with Gasteiger partial charge in [-0.15, -0.1) is 0 Å². The predicted molar refractivity (Wildman–Crippen MR) is 139 cm³/mol. The molecule has 0 radical (unpaired) electrons. The summed E-state index contributed by atoms with van der Waals surface area (Å²) in [5, 5.41) is 0. The summed E-state index contributed by atoms with van der Waals surface area (Å²) in [5.41, 5.74) is 5.26. The highest BCUT2D eigenvalue weighted by molar-refractivity contribution is 5.42. The fraction of sp³-hybridized carbons (Fsp3) is 0.643. The second-order valence-electron chi connectivity index (χ2n) is 12.0. The number of anilines is 1. The van der Waals surface area contributed by atoms with Crippen LogP contribution in [0.15, 0.2) is 24.3 Å². The van der Waals surface area contributed by atoms with Gasteiger partial charge in [0.05, 0.1) is 24.6 Å². The molecule has 2 aromatic heterocycles. The second kappa shape index (κ2) is 9.34. The molecule has 0 aliphatic carbocycles. The van der Waals surface area contributed by atoms with Crippen LogP contribution < -0.4 is 9.64 Å². The second-order valence-corrected chi connectivity index (χ2v) is 12.0. The summed E-state index contributed by atoms with van der Waals surface area (Å²) in [5.74, 6) is 1.80. The monoisotopic (exact) mass is 479 g/mol. The van der Waals surface area contributed by atoms with Crippen molar-refractivity contribution in [1.82, 2.24) is 19.8 Å². The van der Waals surface area contributed by atoms with E-state index in [2.05, 4.69) is 74.6 Å². The molecular weight excluding hydrogens is 438 g/mol. The molecule has 3 aliphatic heterocycles. The van der Waals surface area contributed by atoms with Crippen LogP contribution in [-0.4, -0.2) is 63.8 Å². The van der Waals surface area contributed by atoms with Gasteiger partial charge >= 0.3 is 0 Å². The van der Waals surface area contributed by atoms with Crippen LogP contribution >= 0.6 is 0 Å². The van der Waals surface area contributed by atoms with Gasteiger partial charge in [-0.05, 0) is 58.2 Å². The summed E-state index contributed by atoms with van der Waals surface area (Å²) >= 11 is 0. The highest BCUT2D eigenvalue weighted by atomic mass is 16.5. The van der Waals surface area contributed by atoms with Gasteiger partial charge in [0.15, 0.2) is 0 Å². The Morgan fingerprint density at radius 2 is 1.63 bits per heavy atom. The summed E-state index contributed by atoms with van der Waals surface area (Å²) in [6.07, 6.45) is 2.13. The summed E-state index contributed by atoms with van der Waals surface area (Å²) in [4.78, 5) is 17.2. The average Bonchev–Trinajstić information content (AvgIpc) is 3.55. The number of hydrogen-bond acceptors (Lipinski definition) is 7. The minimum absolute atomic E-state index is 0.0506. The molecule has 1 fully saturated rings. The zero-order valence-electron chi connectivity index (χ0n) is 22.3. The topological polar surface area (TPSA) is 54.0 Å². The van der Waals surface area contributed by atoms with Crippen molar-refractivity contribution in [3.05, 3.63) is 46.8 Å². The summed E-state index contributed by atoms with van der Waals surface area (Å²) in [7, 11) is 2.16. The molecule has 0 amide bonds. The van der Waals surface area contributed by atoms with Crippen LogP contribution in [0.5, 0.6) is 5.88 Å². The highest BCUT2D eigenvalue weighted by Crippen LogP contribution is 2.33. The Balaban J connectivity index is 1.17. The first-order valence-electron chi connectivity index (χ1n) is 13.0. The highest BCUT2D eigenvalue weighted by Gasteiger charge is 2.34. The Kier molecular flexibility index (Phi) is 6.53. The first kappa shape index (κ1) is 24.5. The maximum atomic E-state index is 6.03. The van der Waals surface area contributed by atoms with Crippen molar-refractivity contribution >= 4 is 5.82 Å². The smallest absolute Gasteiger partial charge is 0.213 e. The quantitative estimate of drug-likeness (QED) is 0.584. The van der Waals surface area contributed by atoms with Crippen molar-refractivity contribution in [1.29, 1.82) is 0 Å². The molecule has 1 atom stereocenters. The molecular formula is C28H41N5O2. The standard InChI is InChI=1S/C28H41N5O2/c1-27(2,3)32-15-20-7-9-25(29-23(20)17-32)31(6)13-12-28(4,5)33-16-21-8-10-26(30-24(21)18-33)35-22-11-14-34-19-22/h7-10,22H,11-19H2,1-6H3. The minimum Gasteiger partial charge on any atom is -0.472 e. The maximum absolute atomic E-state index is 6.03. The van der Waals surface area contributed by atoms with Crippen molar-refractivity contribution < 1.29 is 9.47 Å². The molecule has 35 heavy (non-hydrogen) atoms. The molecule has 1 saturated heterocycles. The number of nitrogens with zero attached hydrogens (tertiary/aromatic N) is 5. The van der Waals surface area contributed by atoms with Crippen molar-refractivity contribution in [3.8, 4) is 5.88 Å². The minimum atomic E-state index is 0.0506. The molecule has 5 heterocycles. The van der Waals surface area contributed by atoms with Gasteiger partial charge in [-0.25, -0.2) is 9.97 Å². The fourth-order valence-corrected chi connectivity index (χ4v) is 5.15. The van der Waals surface area contributed by atoms with Gasteiger partial charge in [0.25, 0.3) is 0 Å². The van der Waals surface area contributed by atoms with E-state index in [9.17, 15) is 0 Å². The van der Waals surface area contributed by atoms with E-state index in [-0.39, 0.29) is 17.2 Å². The Morgan fingerprint density at radius 3 is 2.34 bits per heavy atom. The van der Waals surface area contributed by atoms with Crippen molar-refractivity contribution in [3.63, 3.8) is 0 Å². The normalized spacial score (nSPS) is 20.8.